The highest BCUT2D eigenvalue weighted by Crippen LogP contribution is 2.06. The predicted molar refractivity (Wildman–Crippen MR) is 51.6 cm³/mol. The number of aliphatic carboxylic acids is 1. The molecule has 0 heterocycles. The largest absolute Gasteiger partial charge is 0.515 e. The third kappa shape index (κ3) is 7.12. The van der Waals surface area contributed by atoms with E-state index in [1.165, 1.54) is 0 Å². The van der Waals surface area contributed by atoms with Crippen molar-refractivity contribution in [3.63, 3.8) is 0 Å². The third-order valence-corrected chi connectivity index (χ3v) is 1.56. The fourth-order valence-electron chi connectivity index (χ4n) is 0.921. The van der Waals surface area contributed by atoms with Gasteiger partial charge in [-0.25, -0.2) is 0 Å². The van der Waals surface area contributed by atoms with Gasteiger partial charge in [0.25, 0.3) is 0 Å². The van der Waals surface area contributed by atoms with Gasteiger partial charge in [0.2, 0.25) is 0 Å². The highest BCUT2D eigenvalue weighted by Gasteiger charge is 1.93. The van der Waals surface area contributed by atoms with E-state index in [1.807, 2.05) is 6.92 Å². The smallest absolute Gasteiger partial charge is 0.303 e. The molecule has 0 saturated carbocycles. The summed E-state index contributed by atoms with van der Waals surface area (Å²) in [7, 11) is 0. The topological polar surface area (TPSA) is 57.5 Å². The van der Waals surface area contributed by atoms with Gasteiger partial charge in [-0.15, -0.1) is 0 Å². The number of hydrogen-bond donors (Lipinski definition) is 2. The molecular weight excluding hydrogens is 168 g/mol. The number of aliphatic hydroxyl groups is 1. The van der Waals surface area contributed by atoms with Crippen molar-refractivity contribution in [2.45, 2.75) is 32.6 Å². The molecule has 3 heteroatoms. The van der Waals surface area contributed by atoms with Crippen LogP contribution in [0.15, 0.2) is 24.0 Å². The lowest BCUT2D eigenvalue weighted by molar-refractivity contribution is -0.136. The van der Waals surface area contributed by atoms with E-state index < -0.39 is 5.97 Å². The molecule has 0 amide bonds. The van der Waals surface area contributed by atoms with E-state index in [1.54, 1.807) is 12.2 Å². The summed E-state index contributed by atoms with van der Waals surface area (Å²) in [5, 5.41) is 17.1. The van der Waals surface area contributed by atoms with Gasteiger partial charge in [-0.2, -0.15) is 0 Å². The molecule has 0 aliphatic rings. The summed E-state index contributed by atoms with van der Waals surface area (Å²) < 4.78 is 0. The van der Waals surface area contributed by atoms with E-state index in [2.05, 4.69) is 0 Å². The molecule has 0 bridgehead atoms. The molecule has 0 spiro atoms. The first-order valence-corrected chi connectivity index (χ1v) is 4.42. The third-order valence-electron chi connectivity index (χ3n) is 1.56. The van der Waals surface area contributed by atoms with Crippen molar-refractivity contribution in [3.8, 4) is 0 Å². The first-order valence-electron chi connectivity index (χ1n) is 4.42. The molecule has 0 aromatic rings. The summed E-state index contributed by atoms with van der Waals surface area (Å²) in [6.45, 7) is 2.02. The van der Waals surface area contributed by atoms with Crippen molar-refractivity contribution >= 4 is 5.97 Å². The van der Waals surface area contributed by atoms with Gasteiger partial charge in [0, 0.05) is 6.42 Å². The van der Waals surface area contributed by atoms with E-state index >= 15 is 0 Å². The molecule has 0 unspecified atom stereocenters. The van der Waals surface area contributed by atoms with Gasteiger partial charge in [0.1, 0.15) is 0 Å². The Morgan fingerprint density at radius 1 is 1.38 bits per heavy atom. The van der Waals surface area contributed by atoms with Gasteiger partial charge >= 0.3 is 5.97 Å². The SMILES string of the molecule is CCCC(C=CCCC(=O)O)=CO. The number of rotatable bonds is 6. The number of carboxylic acid groups (broad SMARTS) is 1. The Morgan fingerprint density at radius 3 is 2.54 bits per heavy atom. The summed E-state index contributed by atoms with van der Waals surface area (Å²) in [4.78, 5) is 10.1. The Morgan fingerprint density at radius 2 is 2.08 bits per heavy atom. The highest BCUT2D eigenvalue weighted by atomic mass is 16.4. The molecule has 0 aromatic heterocycles. The van der Waals surface area contributed by atoms with Crippen molar-refractivity contribution in [1.29, 1.82) is 0 Å². The maximum absolute atomic E-state index is 10.1. The van der Waals surface area contributed by atoms with Gasteiger partial charge < -0.3 is 10.2 Å². The lowest BCUT2D eigenvalue weighted by Crippen LogP contribution is -1.91. The number of allylic oxidation sites excluding steroid dienone is 3. The highest BCUT2D eigenvalue weighted by molar-refractivity contribution is 5.66. The molecule has 0 aromatic carbocycles. The molecule has 3 nitrogen and oxygen atoms in total. The molecule has 0 saturated heterocycles. The zero-order valence-electron chi connectivity index (χ0n) is 7.86. The van der Waals surface area contributed by atoms with Gasteiger partial charge in [-0.05, 0) is 18.4 Å². The predicted octanol–water partition coefficient (Wildman–Crippen LogP) is 2.65. The second-order valence-electron chi connectivity index (χ2n) is 2.79. The summed E-state index contributed by atoms with van der Waals surface area (Å²) in [6, 6.07) is 0. The van der Waals surface area contributed by atoms with Crippen molar-refractivity contribution < 1.29 is 15.0 Å². The van der Waals surface area contributed by atoms with Gasteiger partial charge in [0.15, 0.2) is 0 Å². The average Bonchev–Trinajstić information content (AvgIpc) is 2.10. The van der Waals surface area contributed by atoms with Crippen LogP contribution in [-0.4, -0.2) is 16.2 Å². The fraction of sp³-hybridized carbons (Fsp3) is 0.500. The monoisotopic (exact) mass is 184 g/mol. The van der Waals surface area contributed by atoms with E-state index in [9.17, 15) is 4.79 Å². The minimum absolute atomic E-state index is 0.140. The zero-order valence-corrected chi connectivity index (χ0v) is 7.86. The Bertz CT molecular complexity index is 204. The summed E-state index contributed by atoms with van der Waals surface area (Å²) in [5.74, 6) is -0.797. The van der Waals surface area contributed by atoms with Crippen LogP contribution in [-0.2, 0) is 4.79 Å². The van der Waals surface area contributed by atoms with E-state index in [0.29, 0.717) is 6.42 Å². The van der Waals surface area contributed by atoms with Gasteiger partial charge in [-0.3, -0.25) is 4.79 Å². The van der Waals surface area contributed by atoms with Crippen LogP contribution in [0.4, 0.5) is 0 Å². The zero-order chi connectivity index (χ0) is 10.1. The molecule has 0 fully saturated rings. The quantitative estimate of drug-likeness (QED) is 0.493. The van der Waals surface area contributed by atoms with Gasteiger partial charge in [0.05, 0.1) is 6.26 Å². The molecule has 2 N–H and O–H groups in total. The van der Waals surface area contributed by atoms with Crippen LogP contribution >= 0.6 is 0 Å². The van der Waals surface area contributed by atoms with Crippen LogP contribution in [0.2, 0.25) is 0 Å². The number of hydrogen-bond acceptors (Lipinski definition) is 2. The molecule has 0 rings (SSSR count). The van der Waals surface area contributed by atoms with Crippen molar-refractivity contribution in [3.05, 3.63) is 24.0 Å². The van der Waals surface area contributed by atoms with E-state index in [4.69, 9.17) is 10.2 Å². The standard InChI is InChI=1S/C10H16O3/c1-2-5-9(8-11)6-3-4-7-10(12)13/h3,6,8,11H,2,4-5,7H2,1H3,(H,12,13). The molecule has 0 aliphatic heterocycles. The van der Waals surface area contributed by atoms with Crippen LogP contribution in [0, 0.1) is 0 Å². The lowest BCUT2D eigenvalue weighted by Gasteiger charge is -1.95. The summed E-state index contributed by atoms with van der Waals surface area (Å²) in [6.07, 6.45) is 7.05. The minimum Gasteiger partial charge on any atom is -0.515 e. The lowest BCUT2D eigenvalue weighted by atomic mass is 10.1. The van der Waals surface area contributed by atoms with E-state index in [0.717, 1.165) is 24.7 Å². The maximum Gasteiger partial charge on any atom is 0.303 e. The average molecular weight is 184 g/mol. The van der Waals surface area contributed by atoms with E-state index in [-0.39, 0.29) is 6.42 Å². The van der Waals surface area contributed by atoms with Crippen molar-refractivity contribution in [1.82, 2.24) is 0 Å². The van der Waals surface area contributed by atoms with Gasteiger partial charge in [-0.1, -0.05) is 25.5 Å². The normalized spacial score (nSPS) is 12.2. The summed E-state index contributed by atoms with van der Waals surface area (Å²) >= 11 is 0. The first kappa shape index (κ1) is 11.8. The first-order chi connectivity index (χ1) is 6.20. The number of aliphatic hydroxyl groups excluding tert-OH is 1. The fourth-order valence-corrected chi connectivity index (χ4v) is 0.921. The second kappa shape index (κ2) is 7.40. The molecule has 0 atom stereocenters. The minimum atomic E-state index is -0.797. The molecule has 13 heavy (non-hydrogen) atoms. The molecule has 0 aliphatic carbocycles. The second-order valence-corrected chi connectivity index (χ2v) is 2.79. The summed E-state index contributed by atoms with van der Waals surface area (Å²) in [5.41, 5.74) is 0.841. The Hall–Kier alpha value is -1.25. The Balaban J connectivity index is 3.74. The van der Waals surface area contributed by atoms with Crippen LogP contribution < -0.4 is 0 Å². The van der Waals surface area contributed by atoms with Crippen LogP contribution in [0.25, 0.3) is 0 Å². The van der Waals surface area contributed by atoms with Crippen molar-refractivity contribution in [2.24, 2.45) is 0 Å². The van der Waals surface area contributed by atoms with Crippen LogP contribution in [0.1, 0.15) is 32.6 Å². The van der Waals surface area contributed by atoms with Crippen LogP contribution in [0.5, 0.6) is 0 Å². The Kier molecular flexibility index (Phi) is 6.69. The number of carbonyl (C=O) groups is 1. The molecule has 74 valence electrons. The molecule has 0 radical (unpaired) electrons. The van der Waals surface area contributed by atoms with Crippen molar-refractivity contribution in [2.75, 3.05) is 0 Å². The van der Waals surface area contributed by atoms with Crippen LogP contribution in [0.3, 0.4) is 0 Å². The maximum atomic E-state index is 10.1. The molecular formula is C10H16O3. The number of carboxylic acids is 1. The Labute approximate surface area is 78.4 Å².